The highest BCUT2D eigenvalue weighted by Crippen LogP contribution is 2.38. The molecule has 110 valence electrons. The van der Waals surface area contributed by atoms with Crippen molar-refractivity contribution in [2.24, 2.45) is 5.92 Å². The van der Waals surface area contributed by atoms with Crippen molar-refractivity contribution < 1.29 is 13.5 Å². The third kappa shape index (κ3) is 2.38. The van der Waals surface area contributed by atoms with Crippen molar-refractivity contribution in [1.29, 1.82) is 0 Å². The average molecular weight is 295 g/mol. The average Bonchev–Trinajstić information content (AvgIpc) is 2.48. The topological polar surface area (TPSA) is 57.6 Å². The van der Waals surface area contributed by atoms with E-state index in [-0.39, 0.29) is 18.1 Å². The zero-order valence-electron chi connectivity index (χ0n) is 11.5. The van der Waals surface area contributed by atoms with Crippen molar-refractivity contribution in [3.8, 4) is 0 Å². The minimum Gasteiger partial charge on any atom is -0.393 e. The number of piperidine rings is 1. The van der Waals surface area contributed by atoms with Gasteiger partial charge in [0.1, 0.15) is 0 Å². The van der Waals surface area contributed by atoms with E-state index < -0.39 is 10.0 Å². The van der Waals surface area contributed by atoms with Crippen LogP contribution in [0.5, 0.6) is 0 Å². The first-order chi connectivity index (χ1) is 9.60. The molecule has 3 rings (SSSR count). The Morgan fingerprint density at radius 2 is 1.75 bits per heavy atom. The summed E-state index contributed by atoms with van der Waals surface area (Å²) < 4.78 is 27.2. The lowest BCUT2D eigenvalue weighted by Crippen LogP contribution is -2.54. The number of aliphatic hydroxyl groups is 1. The van der Waals surface area contributed by atoms with Crippen LogP contribution in [0, 0.1) is 5.92 Å². The van der Waals surface area contributed by atoms with Crippen molar-refractivity contribution in [3.05, 3.63) is 30.3 Å². The molecule has 2 fully saturated rings. The summed E-state index contributed by atoms with van der Waals surface area (Å²) in [6, 6.07) is 8.60. The third-order valence-electron chi connectivity index (χ3n) is 4.64. The monoisotopic (exact) mass is 295 g/mol. The van der Waals surface area contributed by atoms with Crippen LogP contribution in [0.4, 0.5) is 0 Å². The zero-order chi connectivity index (χ0) is 14.2. The number of aliphatic hydroxyl groups excluding tert-OH is 1. The molecule has 1 aliphatic carbocycles. The molecular weight excluding hydrogens is 274 g/mol. The lowest BCUT2D eigenvalue weighted by molar-refractivity contribution is -0.00299. The van der Waals surface area contributed by atoms with E-state index in [0.717, 1.165) is 25.7 Å². The maximum atomic E-state index is 12.8. The third-order valence-corrected chi connectivity index (χ3v) is 6.58. The number of benzene rings is 1. The molecule has 0 unspecified atom stereocenters. The van der Waals surface area contributed by atoms with Crippen LogP contribution in [-0.2, 0) is 10.0 Å². The van der Waals surface area contributed by atoms with Gasteiger partial charge in [-0.1, -0.05) is 31.0 Å². The van der Waals surface area contributed by atoms with E-state index in [2.05, 4.69) is 0 Å². The maximum Gasteiger partial charge on any atom is 0.243 e. The van der Waals surface area contributed by atoms with Crippen molar-refractivity contribution in [3.63, 3.8) is 0 Å². The summed E-state index contributed by atoms with van der Waals surface area (Å²) in [5.74, 6) is 0.107. The van der Waals surface area contributed by atoms with Gasteiger partial charge in [-0.2, -0.15) is 4.31 Å². The highest BCUT2D eigenvalue weighted by molar-refractivity contribution is 7.89. The van der Waals surface area contributed by atoms with Crippen LogP contribution in [-0.4, -0.2) is 36.5 Å². The predicted octanol–water partition coefficient (Wildman–Crippen LogP) is 2.00. The number of nitrogens with zero attached hydrogens (tertiary/aromatic N) is 1. The van der Waals surface area contributed by atoms with Crippen molar-refractivity contribution in [2.75, 3.05) is 6.54 Å². The molecule has 1 aromatic carbocycles. The second-order valence-electron chi connectivity index (χ2n) is 5.80. The lowest BCUT2D eigenvalue weighted by Gasteiger charge is -2.45. The predicted molar refractivity (Wildman–Crippen MR) is 76.7 cm³/mol. The first-order valence-corrected chi connectivity index (χ1v) is 8.79. The quantitative estimate of drug-likeness (QED) is 0.908. The summed E-state index contributed by atoms with van der Waals surface area (Å²) in [4.78, 5) is 0.362. The largest absolute Gasteiger partial charge is 0.393 e. The highest BCUT2D eigenvalue weighted by Gasteiger charge is 2.43. The number of hydrogen-bond acceptors (Lipinski definition) is 3. The Kier molecular flexibility index (Phi) is 3.84. The van der Waals surface area contributed by atoms with Gasteiger partial charge >= 0.3 is 0 Å². The molecule has 5 heteroatoms. The van der Waals surface area contributed by atoms with E-state index in [1.165, 1.54) is 0 Å². The Hall–Kier alpha value is -0.910. The van der Waals surface area contributed by atoms with Gasteiger partial charge in [0.25, 0.3) is 0 Å². The molecular formula is C15H21NO3S. The van der Waals surface area contributed by atoms with Gasteiger partial charge in [-0.3, -0.25) is 0 Å². The van der Waals surface area contributed by atoms with E-state index in [4.69, 9.17) is 0 Å². The van der Waals surface area contributed by atoms with Gasteiger partial charge in [-0.15, -0.1) is 0 Å². The standard InChI is InChI=1S/C15H21NO3S/c17-15-10-11-16(14-9-5-4-8-13(14)15)20(18,19)12-6-2-1-3-7-12/h1-3,6-7,13-15,17H,4-5,8-11H2/t13-,14-,15-/m0/s1. The van der Waals surface area contributed by atoms with Crippen molar-refractivity contribution >= 4 is 10.0 Å². The SMILES string of the molecule is O=S(=O)(c1ccccc1)N1CC[C@H](O)[C@H]2CCCC[C@@H]21. The van der Waals surface area contributed by atoms with Crippen LogP contribution < -0.4 is 0 Å². The Balaban J connectivity index is 1.93. The molecule has 4 nitrogen and oxygen atoms in total. The normalized spacial score (nSPS) is 31.8. The maximum absolute atomic E-state index is 12.8. The van der Waals surface area contributed by atoms with Gasteiger partial charge in [0.2, 0.25) is 10.0 Å². The Morgan fingerprint density at radius 1 is 1.05 bits per heavy atom. The van der Waals surface area contributed by atoms with Gasteiger partial charge in [0.05, 0.1) is 11.0 Å². The molecule has 0 aromatic heterocycles. The molecule has 1 saturated heterocycles. The smallest absolute Gasteiger partial charge is 0.243 e. The highest BCUT2D eigenvalue weighted by atomic mass is 32.2. The lowest BCUT2D eigenvalue weighted by atomic mass is 9.78. The minimum atomic E-state index is -3.43. The molecule has 0 bridgehead atoms. The number of fused-ring (bicyclic) bond motifs is 1. The summed E-state index contributed by atoms with van der Waals surface area (Å²) in [5, 5.41) is 10.1. The Bertz CT molecular complexity index is 558. The van der Waals surface area contributed by atoms with Crippen LogP contribution >= 0.6 is 0 Å². The van der Waals surface area contributed by atoms with Crippen molar-refractivity contribution in [1.82, 2.24) is 4.31 Å². The van der Waals surface area contributed by atoms with Gasteiger partial charge in [-0.05, 0) is 31.4 Å². The second-order valence-corrected chi connectivity index (χ2v) is 7.69. The summed E-state index contributed by atoms with van der Waals surface area (Å²) in [6.45, 7) is 0.430. The van der Waals surface area contributed by atoms with E-state index in [9.17, 15) is 13.5 Å². The molecule has 0 radical (unpaired) electrons. The van der Waals surface area contributed by atoms with E-state index in [1.807, 2.05) is 6.07 Å². The Labute approximate surface area is 120 Å². The number of rotatable bonds is 2. The van der Waals surface area contributed by atoms with Gasteiger partial charge < -0.3 is 5.11 Å². The molecule has 1 heterocycles. The van der Waals surface area contributed by atoms with Crippen LogP contribution in [0.25, 0.3) is 0 Å². The van der Waals surface area contributed by atoms with E-state index in [0.29, 0.717) is 17.9 Å². The fourth-order valence-electron chi connectivity index (χ4n) is 3.61. The minimum absolute atomic E-state index is 0.0299. The fourth-order valence-corrected chi connectivity index (χ4v) is 5.35. The van der Waals surface area contributed by atoms with Gasteiger partial charge in [-0.25, -0.2) is 8.42 Å². The number of hydrogen-bond donors (Lipinski definition) is 1. The molecule has 20 heavy (non-hydrogen) atoms. The summed E-state index contributed by atoms with van der Waals surface area (Å²) >= 11 is 0. The zero-order valence-corrected chi connectivity index (χ0v) is 12.3. The summed E-state index contributed by atoms with van der Waals surface area (Å²) in [7, 11) is -3.43. The van der Waals surface area contributed by atoms with E-state index in [1.54, 1.807) is 28.6 Å². The molecule has 2 aliphatic rings. The second kappa shape index (κ2) is 5.47. The van der Waals surface area contributed by atoms with Crippen molar-refractivity contribution in [2.45, 2.75) is 49.1 Å². The molecule has 3 atom stereocenters. The fraction of sp³-hybridized carbons (Fsp3) is 0.600. The molecule has 0 amide bonds. The summed E-state index contributed by atoms with van der Waals surface area (Å²) in [6.07, 6.45) is 4.15. The molecule has 1 saturated carbocycles. The number of sulfonamides is 1. The molecule has 0 spiro atoms. The molecule has 1 N–H and O–H groups in total. The van der Waals surface area contributed by atoms with Crippen LogP contribution in [0.2, 0.25) is 0 Å². The van der Waals surface area contributed by atoms with Crippen LogP contribution in [0.1, 0.15) is 32.1 Å². The van der Waals surface area contributed by atoms with Gasteiger partial charge in [0, 0.05) is 18.5 Å². The van der Waals surface area contributed by atoms with Crippen LogP contribution in [0.3, 0.4) is 0 Å². The first-order valence-electron chi connectivity index (χ1n) is 7.35. The molecule has 1 aromatic rings. The Morgan fingerprint density at radius 3 is 2.50 bits per heavy atom. The summed E-state index contributed by atoms with van der Waals surface area (Å²) in [5.41, 5.74) is 0. The first kappa shape index (κ1) is 14.0. The van der Waals surface area contributed by atoms with E-state index >= 15 is 0 Å². The van der Waals surface area contributed by atoms with Crippen LogP contribution in [0.15, 0.2) is 35.2 Å². The molecule has 1 aliphatic heterocycles. The van der Waals surface area contributed by atoms with Gasteiger partial charge in [0.15, 0.2) is 0 Å².